The quantitative estimate of drug-likeness (QED) is 0.708. The Morgan fingerprint density at radius 3 is 2.45 bits per heavy atom. The molecule has 0 atom stereocenters. The van der Waals surface area contributed by atoms with Crippen molar-refractivity contribution in [2.24, 2.45) is 0 Å². The van der Waals surface area contributed by atoms with Gasteiger partial charge in [0.15, 0.2) is 0 Å². The molecule has 0 aliphatic rings. The standard InChI is InChI=1S/C15H10Cl2N2O/c16-12-6-4-10(5-7-12)8-14-18-19-15(20-14)11-2-1-3-13(17)9-11/h1-7,9H,8H2. The van der Waals surface area contributed by atoms with Crippen molar-refractivity contribution < 1.29 is 4.42 Å². The van der Waals surface area contributed by atoms with Crippen LogP contribution in [0, 0.1) is 0 Å². The lowest BCUT2D eigenvalue weighted by atomic mass is 10.1. The molecule has 5 heteroatoms. The lowest BCUT2D eigenvalue weighted by Crippen LogP contribution is -1.87. The molecule has 0 aliphatic heterocycles. The summed E-state index contributed by atoms with van der Waals surface area (Å²) in [4.78, 5) is 0. The normalized spacial score (nSPS) is 10.7. The van der Waals surface area contributed by atoms with E-state index < -0.39 is 0 Å². The molecule has 0 radical (unpaired) electrons. The predicted molar refractivity (Wildman–Crippen MR) is 79.0 cm³/mol. The van der Waals surface area contributed by atoms with Crippen molar-refractivity contribution in [1.82, 2.24) is 10.2 Å². The molecule has 100 valence electrons. The third-order valence-electron chi connectivity index (χ3n) is 2.81. The molecule has 0 fully saturated rings. The third-order valence-corrected chi connectivity index (χ3v) is 3.29. The van der Waals surface area contributed by atoms with Gasteiger partial charge in [-0.05, 0) is 35.9 Å². The lowest BCUT2D eigenvalue weighted by molar-refractivity contribution is 0.518. The molecule has 0 saturated heterocycles. The van der Waals surface area contributed by atoms with Crippen LogP contribution in [0.5, 0.6) is 0 Å². The molecule has 1 aromatic heterocycles. The van der Waals surface area contributed by atoms with E-state index in [1.165, 1.54) is 0 Å². The van der Waals surface area contributed by atoms with Crippen molar-refractivity contribution >= 4 is 23.2 Å². The maximum Gasteiger partial charge on any atom is 0.247 e. The highest BCUT2D eigenvalue weighted by Gasteiger charge is 2.09. The Morgan fingerprint density at radius 1 is 0.900 bits per heavy atom. The van der Waals surface area contributed by atoms with E-state index in [1.54, 1.807) is 12.1 Å². The molecule has 0 amide bonds. The molecule has 0 N–H and O–H groups in total. The minimum absolute atomic E-state index is 0.469. The van der Waals surface area contributed by atoms with Crippen LogP contribution >= 0.6 is 23.2 Å². The summed E-state index contributed by atoms with van der Waals surface area (Å²) in [6, 6.07) is 14.9. The van der Waals surface area contributed by atoms with Gasteiger partial charge >= 0.3 is 0 Å². The molecule has 0 saturated carbocycles. The summed E-state index contributed by atoms with van der Waals surface area (Å²) in [5.41, 5.74) is 1.88. The first-order chi connectivity index (χ1) is 9.70. The maximum absolute atomic E-state index is 5.94. The fraction of sp³-hybridized carbons (Fsp3) is 0.0667. The average Bonchev–Trinajstić information content (AvgIpc) is 2.90. The van der Waals surface area contributed by atoms with Gasteiger partial charge < -0.3 is 4.42 Å². The lowest BCUT2D eigenvalue weighted by Gasteiger charge is -1.97. The van der Waals surface area contributed by atoms with Crippen LogP contribution in [0.3, 0.4) is 0 Å². The highest BCUT2D eigenvalue weighted by Crippen LogP contribution is 2.22. The SMILES string of the molecule is Clc1ccc(Cc2nnc(-c3cccc(Cl)c3)o2)cc1. The van der Waals surface area contributed by atoms with E-state index in [0.717, 1.165) is 11.1 Å². The molecule has 0 bridgehead atoms. The van der Waals surface area contributed by atoms with E-state index in [-0.39, 0.29) is 0 Å². The monoisotopic (exact) mass is 304 g/mol. The van der Waals surface area contributed by atoms with Gasteiger partial charge in [0, 0.05) is 15.6 Å². The Hall–Kier alpha value is -1.84. The van der Waals surface area contributed by atoms with Crippen molar-refractivity contribution in [1.29, 1.82) is 0 Å². The largest absolute Gasteiger partial charge is 0.420 e. The number of nitrogens with zero attached hydrogens (tertiary/aromatic N) is 2. The van der Waals surface area contributed by atoms with Crippen LogP contribution in [0.2, 0.25) is 10.0 Å². The first-order valence-corrected chi connectivity index (χ1v) is 6.79. The first kappa shape index (κ1) is 13.2. The van der Waals surface area contributed by atoms with E-state index in [0.29, 0.717) is 28.2 Å². The molecule has 20 heavy (non-hydrogen) atoms. The third kappa shape index (κ3) is 3.00. The van der Waals surface area contributed by atoms with E-state index in [2.05, 4.69) is 10.2 Å². The van der Waals surface area contributed by atoms with Crippen LogP contribution in [0.25, 0.3) is 11.5 Å². The highest BCUT2D eigenvalue weighted by molar-refractivity contribution is 6.31. The number of benzene rings is 2. The summed E-state index contributed by atoms with van der Waals surface area (Å²) >= 11 is 11.8. The Morgan fingerprint density at radius 2 is 1.70 bits per heavy atom. The number of hydrogen-bond acceptors (Lipinski definition) is 3. The average molecular weight is 305 g/mol. The van der Waals surface area contributed by atoms with Crippen molar-refractivity contribution in [2.45, 2.75) is 6.42 Å². The van der Waals surface area contributed by atoms with Crippen LogP contribution in [-0.2, 0) is 6.42 Å². The zero-order valence-electron chi connectivity index (χ0n) is 10.4. The van der Waals surface area contributed by atoms with Crippen molar-refractivity contribution in [3.8, 4) is 11.5 Å². The van der Waals surface area contributed by atoms with Gasteiger partial charge in [0.25, 0.3) is 0 Å². The van der Waals surface area contributed by atoms with Gasteiger partial charge in [-0.3, -0.25) is 0 Å². The minimum atomic E-state index is 0.469. The van der Waals surface area contributed by atoms with Gasteiger partial charge in [-0.15, -0.1) is 10.2 Å². The Balaban J connectivity index is 1.82. The van der Waals surface area contributed by atoms with Crippen molar-refractivity contribution in [3.63, 3.8) is 0 Å². The topological polar surface area (TPSA) is 38.9 Å². The minimum Gasteiger partial charge on any atom is -0.420 e. The fourth-order valence-electron chi connectivity index (χ4n) is 1.84. The summed E-state index contributed by atoms with van der Waals surface area (Å²) in [6.07, 6.45) is 0.574. The fourth-order valence-corrected chi connectivity index (χ4v) is 2.16. The molecule has 0 aliphatic carbocycles. The number of aromatic nitrogens is 2. The summed E-state index contributed by atoms with van der Waals surface area (Å²) in [7, 11) is 0. The van der Waals surface area contributed by atoms with E-state index in [4.69, 9.17) is 27.6 Å². The van der Waals surface area contributed by atoms with Crippen molar-refractivity contribution in [3.05, 3.63) is 70.0 Å². The summed E-state index contributed by atoms with van der Waals surface area (Å²) in [5.74, 6) is 1.03. The second-order valence-electron chi connectivity index (χ2n) is 4.31. The van der Waals surface area contributed by atoms with Gasteiger partial charge in [-0.1, -0.05) is 41.4 Å². The zero-order chi connectivity index (χ0) is 13.9. The van der Waals surface area contributed by atoms with Crippen LogP contribution < -0.4 is 0 Å². The van der Waals surface area contributed by atoms with Crippen LogP contribution in [-0.4, -0.2) is 10.2 Å². The number of halogens is 2. The number of hydrogen-bond donors (Lipinski definition) is 0. The molecule has 3 nitrogen and oxygen atoms in total. The molecule has 0 unspecified atom stereocenters. The Bertz CT molecular complexity index is 723. The molecule has 1 heterocycles. The van der Waals surface area contributed by atoms with Crippen LogP contribution in [0.1, 0.15) is 11.5 Å². The van der Waals surface area contributed by atoms with Gasteiger partial charge in [0.1, 0.15) is 0 Å². The van der Waals surface area contributed by atoms with Crippen LogP contribution in [0.4, 0.5) is 0 Å². The molecule has 3 rings (SSSR count). The van der Waals surface area contributed by atoms with E-state index in [1.807, 2.05) is 36.4 Å². The van der Waals surface area contributed by atoms with Gasteiger partial charge in [0.05, 0.1) is 6.42 Å². The maximum atomic E-state index is 5.94. The number of rotatable bonds is 3. The smallest absolute Gasteiger partial charge is 0.247 e. The van der Waals surface area contributed by atoms with Gasteiger partial charge in [-0.2, -0.15) is 0 Å². The molecular weight excluding hydrogens is 295 g/mol. The molecular formula is C15H10Cl2N2O. The summed E-state index contributed by atoms with van der Waals surface area (Å²) in [5, 5.41) is 9.43. The molecule has 0 spiro atoms. The predicted octanol–water partition coefficient (Wildman–Crippen LogP) is 4.63. The second kappa shape index (κ2) is 5.65. The molecule has 2 aromatic carbocycles. The first-order valence-electron chi connectivity index (χ1n) is 6.03. The highest BCUT2D eigenvalue weighted by atomic mass is 35.5. The summed E-state index contributed by atoms with van der Waals surface area (Å²) in [6.45, 7) is 0. The Kier molecular flexibility index (Phi) is 3.72. The van der Waals surface area contributed by atoms with Crippen molar-refractivity contribution in [2.75, 3.05) is 0 Å². The van der Waals surface area contributed by atoms with Gasteiger partial charge in [-0.25, -0.2) is 0 Å². The van der Waals surface area contributed by atoms with E-state index >= 15 is 0 Å². The van der Waals surface area contributed by atoms with E-state index in [9.17, 15) is 0 Å². The molecule has 3 aromatic rings. The zero-order valence-corrected chi connectivity index (χ0v) is 11.9. The van der Waals surface area contributed by atoms with Crippen LogP contribution in [0.15, 0.2) is 52.9 Å². The second-order valence-corrected chi connectivity index (χ2v) is 5.19. The Labute approximate surface area is 126 Å². The summed E-state index contributed by atoms with van der Waals surface area (Å²) < 4.78 is 5.65. The van der Waals surface area contributed by atoms with Gasteiger partial charge in [0.2, 0.25) is 11.8 Å².